The lowest BCUT2D eigenvalue weighted by Crippen LogP contribution is -1.94. The molecule has 0 saturated carbocycles. The summed E-state index contributed by atoms with van der Waals surface area (Å²) in [7, 11) is 0. The van der Waals surface area contributed by atoms with Crippen molar-refractivity contribution < 1.29 is 0 Å². The van der Waals surface area contributed by atoms with E-state index in [9.17, 15) is 5.26 Å². The predicted molar refractivity (Wildman–Crippen MR) is 187 cm³/mol. The summed E-state index contributed by atoms with van der Waals surface area (Å²) in [5.74, 6) is 0. The minimum atomic E-state index is 0.662. The SMILES string of the molecule is N#Cc1ccc(-c2ccc3ccc(-c4ccc5cccc(-c6cc(-c7ccccn7)nc(-c7ccccn7)c6)c5c4)cc3c2)cc1. The summed E-state index contributed by atoms with van der Waals surface area (Å²) in [5, 5.41) is 13.9. The van der Waals surface area contributed by atoms with Crippen LogP contribution in [-0.4, -0.2) is 15.0 Å². The molecule has 0 N–H and O–H groups in total. The summed E-state index contributed by atoms with van der Waals surface area (Å²) >= 11 is 0. The van der Waals surface area contributed by atoms with Gasteiger partial charge < -0.3 is 0 Å². The van der Waals surface area contributed by atoms with Gasteiger partial charge in [0.05, 0.1) is 34.4 Å². The van der Waals surface area contributed by atoms with Crippen LogP contribution < -0.4 is 0 Å². The van der Waals surface area contributed by atoms with Crippen molar-refractivity contribution in [1.29, 1.82) is 5.26 Å². The van der Waals surface area contributed by atoms with Gasteiger partial charge >= 0.3 is 0 Å². The fourth-order valence-electron chi connectivity index (χ4n) is 6.02. The largest absolute Gasteiger partial charge is 0.255 e. The number of nitriles is 1. The van der Waals surface area contributed by atoms with Gasteiger partial charge in [-0.25, -0.2) is 4.98 Å². The molecule has 0 amide bonds. The zero-order valence-corrected chi connectivity index (χ0v) is 24.8. The number of rotatable bonds is 5. The van der Waals surface area contributed by atoms with Crippen molar-refractivity contribution in [3.63, 3.8) is 0 Å². The van der Waals surface area contributed by atoms with Crippen LogP contribution in [0.3, 0.4) is 0 Å². The molecule has 0 bridgehead atoms. The van der Waals surface area contributed by atoms with Gasteiger partial charge in [-0.2, -0.15) is 5.26 Å². The molecule has 4 heteroatoms. The van der Waals surface area contributed by atoms with E-state index in [2.05, 4.69) is 101 Å². The third kappa shape index (κ3) is 5.17. The van der Waals surface area contributed by atoms with Crippen LogP contribution in [0.1, 0.15) is 5.56 Å². The molecule has 8 aromatic rings. The second-order valence-electron chi connectivity index (χ2n) is 11.3. The van der Waals surface area contributed by atoms with Crippen LogP contribution in [0.2, 0.25) is 0 Å². The van der Waals surface area contributed by atoms with Crippen molar-refractivity contribution in [2.75, 3.05) is 0 Å². The molecule has 0 fully saturated rings. The molecule has 214 valence electrons. The number of hydrogen-bond acceptors (Lipinski definition) is 4. The topological polar surface area (TPSA) is 62.5 Å². The van der Waals surface area contributed by atoms with E-state index in [0.29, 0.717) is 5.56 Å². The molecule has 0 aliphatic rings. The lowest BCUT2D eigenvalue weighted by atomic mass is 9.93. The Labute approximate surface area is 266 Å². The van der Waals surface area contributed by atoms with Gasteiger partial charge in [0, 0.05) is 12.4 Å². The first kappa shape index (κ1) is 27.1. The number of nitrogens with zero attached hydrogens (tertiary/aromatic N) is 4. The molecule has 3 heterocycles. The lowest BCUT2D eigenvalue weighted by molar-refractivity contribution is 1.22. The van der Waals surface area contributed by atoms with Crippen molar-refractivity contribution in [3.8, 4) is 62.2 Å². The number of pyridine rings is 3. The van der Waals surface area contributed by atoms with Crippen molar-refractivity contribution >= 4 is 21.5 Å². The molecule has 0 saturated heterocycles. The van der Waals surface area contributed by atoms with E-state index in [-0.39, 0.29) is 0 Å². The van der Waals surface area contributed by atoms with Crippen LogP contribution in [0.25, 0.3) is 77.7 Å². The van der Waals surface area contributed by atoms with Gasteiger partial charge in [-0.05, 0) is 122 Å². The van der Waals surface area contributed by atoms with Crippen LogP contribution >= 0.6 is 0 Å². The number of aromatic nitrogens is 3. The highest BCUT2D eigenvalue weighted by atomic mass is 14.8. The average molecular weight is 587 g/mol. The number of hydrogen-bond donors (Lipinski definition) is 0. The molecule has 46 heavy (non-hydrogen) atoms. The lowest BCUT2D eigenvalue weighted by Gasteiger charge is -2.13. The van der Waals surface area contributed by atoms with Gasteiger partial charge in [0.15, 0.2) is 0 Å². The molecular formula is C42H26N4. The van der Waals surface area contributed by atoms with Gasteiger partial charge in [-0.1, -0.05) is 78.9 Å². The van der Waals surface area contributed by atoms with E-state index < -0.39 is 0 Å². The highest BCUT2D eigenvalue weighted by Gasteiger charge is 2.13. The predicted octanol–water partition coefficient (Wildman–Crippen LogP) is 10.4. The monoisotopic (exact) mass is 586 g/mol. The van der Waals surface area contributed by atoms with Crippen LogP contribution in [-0.2, 0) is 0 Å². The molecule has 0 radical (unpaired) electrons. The van der Waals surface area contributed by atoms with Crippen LogP contribution in [0.4, 0.5) is 0 Å². The van der Waals surface area contributed by atoms with Crippen molar-refractivity contribution in [2.24, 2.45) is 0 Å². The van der Waals surface area contributed by atoms with Gasteiger partial charge in [0.25, 0.3) is 0 Å². The minimum Gasteiger partial charge on any atom is -0.255 e. The molecule has 4 nitrogen and oxygen atoms in total. The summed E-state index contributed by atoms with van der Waals surface area (Å²) < 4.78 is 0. The maximum atomic E-state index is 9.19. The molecule has 5 aromatic carbocycles. The van der Waals surface area contributed by atoms with Gasteiger partial charge in [-0.15, -0.1) is 0 Å². The summed E-state index contributed by atoms with van der Waals surface area (Å²) in [5.41, 5.74) is 10.6. The molecule has 0 unspecified atom stereocenters. The highest BCUT2D eigenvalue weighted by Crippen LogP contribution is 2.36. The Morgan fingerprint density at radius 1 is 0.413 bits per heavy atom. The van der Waals surface area contributed by atoms with E-state index in [1.54, 1.807) is 12.4 Å². The van der Waals surface area contributed by atoms with Crippen molar-refractivity contribution in [2.45, 2.75) is 0 Å². The van der Waals surface area contributed by atoms with Crippen molar-refractivity contribution in [3.05, 3.63) is 164 Å². The first-order chi connectivity index (χ1) is 22.7. The quantitative estimate of drug-likeness (QED) is 0.201. The van der Waals surface area contributed by atoms with E-state index in [0.717, 1.165) is 61.5 Å². The Bertz CT molecular complexity index is 2350. The van der Waals surface area contributed by atoms with Gasteiger partial charge in [0.2, 0.25) is 0 Å². The second kappa shape index (κ2) is 11.6. The van der Waals surface area contributed by atoms with Crippen LogP contribution in [0, 0.1) is 11.3 Å². The molecule has 3 aromatic heterocycles. The Hall–Kier alpha value is -6.44. The second-order valence-corrected chi connectivity index (χ2v) is 11.3. The Kier molecular flexibility index (Phi) is 6.83. The smallest absolute Gasteiger partial charge is 0.0991 e. The maximum absolute atomic E-state index is 9.19. The molecule has 0 spiro atoms. The van der Waals surface area contributed by atoms with E-state index in [1.807, 2.05) is 60.7 Å². The first-order valence-corrected chi connectivity index (χ1v) is 15.1. The first-order valence-electron chi connectivity index (χ1n) is 15.1. The molecule has 8 rings (SSSR count). The highest BCUT2D eigenvalue weighted by molar-refractivity contribution is 6.00. The summed E-state index contributed by atoms with van der Waals surface area (Å²) in [6, 6.07) is 52.3. The summed E-state index contributed by atoms with van der Waals surface area (Å²) in [6.45, 7) is 0. The zero-order valence-electron chi connectivity index (χ0n) is 24.8. The third-order valence-corrected chi connectivity index (χ3v) is 8.39. The Balaban J connectivity index is 1.25. The van der Waals surface area contributed by atoms with Gasteiger partial charge in [0.1, 0.15) is 0 Å². The van der Waals surface area contributed by atoms with Gasteiger partial charge in [-0.3, -0.25) is 9.97 Å². The van der Waals surface area contributed by atoms with Crippen LogP contribution in [0.5, 0.6) is 0 Å². The maximum Gasteiger partial charge on any atom is 0.0991 e. The standard InChI is InChI=1S/C42H26N4/c43-27-28-10-12-29(13-11-28)32-17-14-30-15-18-33(23-35(30)22-32)34-19-16-31-6-5-7-37(38(31)24-34)36-25-41(39-8-1-3-20-44-39)46-42(26-36)40-9-2-4-21-45-40/h1-26H. The minimum absolute atomic E-state index is 0.662. The van der Waals surface area contributed by atoms with E-state index >= 15 is 0 Å². The average Bonchev–Trinajstić information content (AvgIpc) is 3.14. The van der Waals surface area contributed by atoms with E-state index in [1.165, 1.54) is 16.2 Å². The number of benzene rings is 5. The number of fused-ring (bicyclic) bond motifs is 2. The normalized spacial score (nSPS) is 11.0. The fourth-order valence-corrected chi connectivity index (χ4v) is 6.02. The molecule has 0 atom stereocenters. The van der Waals surface area contributed by atoms with Crippen molar-refractivity contribution in [1.82, 2.24) is 15.0 Å². The fraction of sp³-hybridized carbons (Fsp3) is 0. The molecule has 0 aliphatic heterocycles. The molecular weight excluding hydrogens is 560 g/mol. The van der Waals surface area contributed by atoms with Crippen LogP contribution in [0.15, 0.2) is 158 Å². The zero-order chi connectivity index (χ0) is 30.9. The Morgan fingerprint density at radius 2 is 1.00 bits per heavy atom. The molecule has 0 aliphatic carbocycles. The Morgan fingerprint density at radius 3 is 1.61 bits per heavy atom. The van der Waals surface area contributed by atoms with E-state index in [4.69, 9.17) is 4.98 Å². The summed E-state index contributed by atoms with van der Waals surface area (Å²) in [4.78, 5) is 14.2. The third-order valence-electron chi connectivity index (χ3n) is 8.39. The summed E-state index contributed by atoms with van der Waals surface area (Å²) in [6.07, 6.45) is 3.59.